The van der Waals surface area contributed by atoms with Gasteiger partial charge in [0.05, 0.1) is 29.8 Å². The molecule has 5 nitrogen and oxygen atoms in total. The number of hydrogen-bond donors (Lipinski definition) is 1. The number of hydrazone groups is 1. The first-order chi connectivity index (χ1) is 15.4. The van der Waals surface area contributed by atoms with Gasteiger partial charge in [0.25, 0.3) is 0 Å². The number of benzene rings is 3. The van der Waals surface area contributed by atoms with Gasteiger partial charge in [-0.2, -0.15) is 5.10 Å². The molecule has 1 amide bonds. The summed E-state index contributed by atoms with van der Waals surface area (Å²) < 4.78 is 24.9. The molecule has 3 aromatic carbocycles. The summed E-state index contributed by atoms with van der Waals surface area (Å²) in [4.78, 5) is 12.0. The topological polar surface area (TPSA) is 59.9 Å². The van der Waals surface area contributed by atoms with Gasteiger partial charge in [-0.25, -0.2) is 9.82 Å². The number of amides is 1. The predicted octanol–water partition coefficient (Wildman–Crippen LogP) is 6.18. The van der Waals surface area contributed by atoms with Crippen LogP contribution in [0.15, 0.2) is 64.2 Å². The van der Waals surface area contributed by atoms with E-state index in [0.29, 0.717) is 37.1 Å². The van der Waals surface area contributed by atoms with E-state index in [1.165, 1.54) is 25.5 Å². The Kier molecular flexibility index (Phi) is 8.50. The Morgan fingerprint density at radius 2 is 1.78 bits per heavy atom. The first-order valence-corrected chi connectivity index (χ1v) is 10.9. The van der Waals surface area contributed by atoms with Gasteiger partial charge in [0.15, 0.2) is 11.5 Å². The molecule has 9 heteroatoms. The normalized spacial score (nSPS) is 10.9. The lowest BCUT2D eigenvalue weighted by Gasteiger charge is -2.13. The fourth-order valence-electron chi connectivity index (χ4n) is 2.71. The summed E-state index contributed by atoms with van der Waals surface area (Å²) in [7, 11) is 1.53. The Hall–Kier alpha value is -2.61. The SMILES string of the molecule is COc1cc(/C=N/NC(=O)Cc2ccc(F)cc2)c(Br)cc1OCc1ccc(Cl)c(Cl)c1. The maximum absolute atomic E-state index is 12.9. The average molecular weight is 540 g/mol. The summed E-state index contributed by atoms with van der Waals surface area (Å²) >= 11 is 15.5. The lowest BCUT2D eigenvalue weighted by atomic mass is 10.1. The molecule has 0 unspecified atom stereocenters. The van der Waals surface area contributed by atoms with Crippen molar-refractivity contribution in [2.24, 2.45) is 5.10 Å². The van der Waals surface area contributed by atoms with Gasteiger partial charge < -0.3 is 9.47 Å². The standard InChI is InChI=1S/C23H18BrCl2FN2O3/c1-31-21-10-16(12-28-29-23(30)9-14-2-5-17(27)6-3-14)18(24)11-22(21)32-13-15-4-7-19(25)20(26)8-15/h2-8,10-12H,9,13H2,1H3,(H,29,30)/b28-12+. The summed E-state index contributed by atoms with van der Waals surface area (Å²) in [6, 6.07) is 14.5. The predicted molar refractivity (Wildman–Crippen MR) is 127 cm³/mol. The number of rotatable bonds is 8. The molecule has 0 spiro atoms. The third kappa shape index (κ3) is 6.69. The Morgan fingerprint density at radius 3 is 2.47 bits per heavy atom. The van der Waals surface area contributed by atoms with Crippen LogP contribution in [-0.2, 0) is 17.8 Å². The second kappa shape index (κ2) is 11.3. The number of carbonyl (C=O) groups is 1. The van der Waals surface area contributed by atoms with Gasteiger partial charge >= 0.3 is 0 Å². The molecule has 0 heterocycles. The molecule has 0 bridgehead atoms. The summed E-state index contributed by atoms with van der Waals surface area (Å²) in [5.74, 6) is 0.336. The fourth-order valence-corrected chi connectivity index (χ4v) is 3.46. The van der Waals surface area contributed by atoms with Crippen LogP contribution in [0, 0.1) is 5.82 Å². The molecule has 166 valence electrons. The molecule has 0 aliphatic carbocycles. The minimum absolute atomic E-state index is 0.0869. The van der Waals surface area contributed by atoms with Gasteiger partial charge in [-0.15, -0.1) is 0 Å². The second-order valence-electron chi connectivity index (χ2n) is 6.66. The molecule has 0 saturated carbocycles. The molecular formula is C23H18BrCl2FN2O3. The first-order valence-electron chi connectivity index (χ1n) is 9.36. The fraction of sp³-hybridized carbons (Fsp3) is 0.130. The van der Waals surface area contributed by atoms with Crippen LogP contribution in [0.5, 0.6) is 11.5 Å². The highest BCUT2D eigenvalue weighted by molar-refractivity contribution is 9.10. The van der Waals surface area contributed by atoms with Gasteiger partial charge in [0.2, 0.25) is 5.91 Å². The minimum atomic E-state index is -0.352. The number of hydrogen-bond acceptors (Lipinski definition) is 4. The van der Waals surface area contributed by atoms with E-state index in [2.05, 4.69) is 26.5 Å². The van der Waals surface area contributed by atoms with E-state index in [1.54, 1.807) is 36.4 Å². The van der Waals surface area contributed by atoms with E-state index < -0.39 is 0 Å². The Labute approximate surface area is 203 Å². The van der Waals surface area contributed by atoms with Crippen LogP contribution in [0.1, 0.15) is 16.7 Å². The number of nitrogens with one attached hydrogen (secondary N) is 1. The Bertz CT molecular complexity index is 1140. The highest BCUT2D eigenvalue weighted by Crippen LogP contribution is 2.34. The van der Waals surface area contributed by atoms with Crippen molar-refractivity contribution in [3.63, 3.8) is 0 Å². The van der Waals surface area contributed by atoms with E-state index in [9.17, 15) is 9.18 Å². The molecule has 1 N–H and O–H groups in total. The van der Waals surface area contributed by atoms with Crippen molar-refractivity contribution in [2.45, 2.75) is 13.0 Å². The van der Waals surface area contributed by atoms with E-state index in [4.69, 9.17) is 32.7 Å². The Balaban J connectivity index is 1.63. The molecule has 0 aliphatic rings. The van der Waals surface area contributed by atoms with Crippen molar-refractivity contribution in [1.29, 1.82) is 0 Å². The summed E-state index contributed by atoms with van der Waals surface area (Å²) in [6.07, 6.45) is 1.57. The van der Waals surface area contributed by atoms with E-state index in [-0.39, 0.29) is 24.8 Å². The van der Waals surface area contributed by atoms with Crippen molar-refractivity contribution in [3.8, 4) is 11.5 Å². The van der Waals surface area contributed by atoms with Crippen LogP contribution in [-0.4, -0.2) is 19.2 Å². The van der Waals surface area contributed by atoms with Crippen LogP contribution in [0.2, 0.25) is 10.0 Å². The summed E-state index contributed by atoms with van der Waals surface area (Å²) in [6.45, 7) is 0.270. The highest BCUT2D eigenvalue weighted by Gasteiger charge is 2.11. The third-order valence-electron chi connectivity index (χ3n) is 4.33. The monoisotopic (exact) mass is 538 g/mol. The summed E-state index contributed by atoms with van der Waals surface area (Å²) in [5.41, 5.74) is 4.66. The number of nitrogens with zero attached hydrogens (tertiary/aromatic N) is 1. The van der Waals surface area contributed by atoms with E-state index in [1.807, 2.05) is 6.07 Å². The summed E-state index contributed by atoms with van der Waals surface area (Å²) in [5, 5.41) is 4.91. The molecule has 0 saturated heterocycles. The van der Waals surface area contributed by atoms with E-state index >= 15 is 0 Å². The third-order valence-corrected chi connectivity index (χ3v) is 5.76. The van der Waals surface area contributed by atoms with Gasteiger partial charge in [0.1, 0.15) is 12.4 Å². The number of halogens is 4. The lowest BCUT2D eigenvalue weighted by molar-refractivity contribution is -0.120. The lowest BCUT2D eigenvalue weighted by Crippen LogP contribution is -2.19. The average Bonchev–Trinajstić information content (AvgIpc) is 2.77. The number of carbonyl (C=O) groups excluding carboxylic acids is 1. The smallest absolute Gasteiger partial charge is 0.244 e. The van der Waals surface area contributed by atoms with Crippen molar-refractivity contribution in [3.05, 3.63) is 91.6 Å². The molecule has 0 atom stereocenters. The van der Waals surface area contributed by atoms with Crippen LogP contribution >= 0.6 is 39.1 Å². The number of ether oxygens (including phenoxy) is 2. The first kappa shape index (κ1) is 24.0. The van der Waals surface area contributed by atoms with Crippen molar-refractivity contribution in [2.75, 3.05) is 7.11 Å². The quantitative estimate of drug-likeness (QED) is 0.275. The molecule has 3 rings (SSSR count). The van der Waals surface area contributed by atoms with Gasteiger partial charge in [-0.3, -0.25) is 4.79 Å². The van der Waals surface area contributed by atoms with Gasteiger partial charge in [0, 0.05) is 10.0 Å². The minimum Gasteiger partial charge on any atom is -0.493 e. The zero-order valence-electron chi connectivity index (χ0n) is 16.9. The van der Waals surface area contributed by atoms with Crippen molar-refractivity contribution in [1.82, 2.24) is 5.43 Å². The zero-order chi connectivity index (χ0) is 23.1. The van der Waals surface area contributed by atoms with E-state index in [0.717, 1.165) is 5.56 Å². The molecule has 0 aromatic heterocycles. The van der Waals surface area contributed by atoms with Crippen LogP contribution in [0.4, 0.5) is 4.39 Å². The molecular weight excluding hydrogens is 522 g/mol. The number of methoxy groups -OCH3 is 1. The molecule has 0 aliphatic heterocycles. The van der Waals surface area contributed by atoms with Crippen LogP contribution in [0.25, 0.3) is 0 Å². The van der Waals surface area contributed by atoms with Crippen molar-refractivity contribution < 1.29 is 18.7 Å². The maximum atomic E-state index is 12.9. The molecule has 32 heavy (non-hydrogen) atoms. The second-order valence-corrected chi connectivity index (χ2v) is 8.33. The maximum Gasteiger partial charge on any atom is 0.244 e. The van der Waals surface area contributed by atoms with Crippen LogP contribution < -0.4 is 14.9 Å². The highest BCUT2D eigenvalue weighted by atomic mass is 79.9. The molecule has 0 fully saturated rings. The largest absolute Gasteiger partial charge is 0.493 e. The molecule has 3 aromatic rings. The van der Waals surface area contributed by atoms with Crippen molar-refractivity contribution >= 4 is 51.3 Å². The Morgan fingerprint density at radius 1 is 1.06 bits per heavy atom. The molecule has 0 radical (unpaired) electrons. The van der Waals surface area contributed by atoms with Gasteiger partial charge in [-0.1, -0.05) is 41.4 Å². The van der Waals surface area contributed by atoms with Crippen LogP contribution in [0.3, 0.4) is 0 Å². The zero-order valence-corrected chi connectivity index (χ0v) is 20.0. The van der Waals surface area contributed by atoms with Gasteiger partial charge in [-0.05, 0) is 63.5 Å².